The topological polar surface area (TPSA) is 82.6 Å². The Bertz CT molecular complexity index is 969. The Hall–Kier alpha value is -3.00. The number of rotatable bonds is 7. The van der Waals surface area contributed by atoms with Crippen LogP contribution in [0.5, 0.6) is 0 Å². The Morgan fingerprint density at radius 3 is 2.76 bits per heavy atom. The van der Waals surface area contributed by atoms with Gasteiger partial charge < -0.3 is 5.32 Å². The Labute approximate surface area is 173 Å². The number of benzene rings is 1. The molecule has 1 atom stereocenters. The summed E-state index contributed by atoms with van der Waals surface area (Å²) >= 11 is 1.34. The molecule has 2 aliphatic rings. The van der Waals surface area contributed by atoms with Gasteiger partial charge in [-0.15, -0.1) is 17.9 Å². The van der Waals surface area contributed by atoms with E-state index in [0.717, 1.165) is 29.0 Å². The quantitative estimate of drug-likeness (QED) is 0.562. The van der Waals surface area contributed by atoms with Crippen molar-refractivity contribution in [3.63, 3.8) is 0 Å². The molecule has 8 heteroatoms. The molecule has 1 saturated heterocycles. The van der Waals surface area contributed by atoms with Crippen LogP contribution in [0.4, 0.5) is 9.93 Å². The standard InChI is InChI=1S/C21H22N4O3S/c1-3-11-24(20-22-16(13-29-20)14-7-5-4-6-8-14)17(26)12-25-18(27)21(2,15-9-10-15)23-19(25)28/h3-8,13,15H,1,9-12H2,2H3,(H,23,28). The van der Waals surface area contributed by atoms with E-state index < -0.39 is 11.6 Å². The highest BCUT2D eigenvalue weighted by atomic mass is 32.1. The lowest BCUT2D eigenvalue weighted by atomic mass is 9.96. The van der Waals surface area contributed by atoms with Crippen molar-refractivity contribution in [3.05, 3.63) is 48.4 Å². The molecule has 0 radical (unpaired) electrons. The summed E-state index contributed by atoms with van der Waals surface area (Å²) in [7, 11) is 0. The van der Waals surface area contributed by atoms with Crippen molar-refractivity contribution in [2.75, 3.05) is 18.0 Å². The van der Waals surface area contributed by atoms with E-state index in [1.165, 1.54) is 16.2 Å². The predicted octanol–water partition coefficient (Wildman–Crippen LogP) is 3.05. The third-order valence-corrected chi connectivity index (χ3v) is 6.26. The molecule has 1 saturated carbocycles. The van der Waals surface area contributed by atoms with E-state index in [0.29, 0.717) is 5.13 Å². The number of hydrogen-bond donors (Lipinski definition) is 1. The number of imide groups is 1. The number of aromatic nitrogens is 1. The Balaban J connectivity index is 1.53. The van der Waals surface area contributed by atoms with Crippen LogP contribution >= 0.6 is 11.3 Å². The van der Waals surface area contributed by atoms with Gasteiger partial charge >= 0.3 is 6.03 Å². The summed E-state index contributed by atoms with van der Waals surface area (Å²) in [5.41, 5.74) is 0.821. The van der Waals surface area contributed by atoms with Gasteiger partial charge in [0.2, 0.25) is 5.91 Å². The first-order valence-electron chi connectivity index (χ1n) is 9.50. The number of nitrogens with zero attached hydrogens (tertiary/aromatic N) is 3. The second-order valence-electron chi connectivity index (χ2n) is 7.47. The predicted molar refractivity (Wildman–Crippen MR) is 111 cm³/mol. The maximum absolute atomic E-state index is 13.0. The molecule has 2 heterocycles. The number of urea groups is 1. The van der Waals surface area contributed by atoms with E-state index in [9.17, 15) is 14.4 Å². The average molecular weight is 410 g/mol. The van der Waals surface area contributed by atoms with Crippen LogP contribution < -0.4 is 10.2 Å². The molecule has 1 unspecified atom stereocenters. The highest BCUT2D eigenvalue weighted by molar-refractivity contribution is 7.14. The molecule has 7 nitrogen and oxygen atoms in total. The third-order valence-electron chi connectivity index (χ3n) is 5.39. The maximum Gasteiger partial charge on any atom is 0.325 e. The fourth-order valence-corrected chi connectivity index (χ4v) is 4.42. The average Bonchev–Trinajstić information content (AvgIpc) is 3.43. The Morgan fingerprint density at radius 1 is 1.38 bits per heavy atom. The minimum Gasteiger partial charge on any atom is -0.323 e. The van der Waals surface area contributed by atoms with E-state index in [1.54, 1.807) is 13.0 Å². The monoisotopic (exact) mass is 410 g/mol. The first-order valence-corrected chi connectivity index (χ1v) is 10.4. The van der Waals surface area contributed by atoms with Gasteiger partial charge in [-0.25, -0.2) is 9.78 Å². The van der Waals surface area contributed by atoms with Crippen LogP contribution in [0.1, 0.15) is 19.8 Å². The fraction of sp³-hybridized carbons (Fsp3) is 0.333. The minimum atomic E-state index is -0.901. The summed E-state index contributed by atoms with van der Waals surface area (Å²) in [6, 6.07) is 9.16. The molecule has 1 aromatic carbocycles. The molecule has 1 aliphatic heterocycles. The highest BCUT2D eigenvalue weighted by Gasteiger charge is 2.56. The van der Waals surface area contributed by atoms with E-state index >= 15 is 0 Å². The molecule has 1 aliphatic carbocycles. The second-order valence-corrected chi connectivity index (χ2v) is 8.31. The summed E-state index contributed by atoms with van der Waals surface area (Å²) < 4.78 is 0. The lowest BCUT2D eigenvalue weighted by Gasteiger charge is -2.23. The van der Waals surface area contributed by atoms with Gasteiger partial charge in [-0.1, -0.05) is 36.4 Å². The van der Waals surface area contributed by atoms with Crippen LogP contribution in [-0.4, -0.2) is 46.4 Å². The number of anilines is 1. The molecule has 4 rings (SSSR count). The normalized spacial score (nSPS) is 21.2. The van der Waals surface area contributed by atoms with Crippen molar-refractivity contribution < 1.29 is 14.4 Å². The maximum atomic E-state index is 13.0. The third kappa shape index (κ3) is 3.55. The molecule has 2 fully saturated rings. The van der Waals surface area contributed by atoms with Gasteiger partial charge in [0.25, 0.3) is 5.91 Å². The lowest BCUT2D eigenvalue weighted by molar-refractivity contribution is -0.134. The van der Waals surface area contributed by atoms with Gasteiger partial charge in [-0.05, 0) is 25.7 Å². The van der Waals surface area contributed by atoms with E-state index in [1.807, 2.05) is 35.7 Å². The summed E-state index contributed by atoms with van der Waals surface area (Å²) in [6.45, 7) is 5.37. The number of carbonyl (C=O) groups excluding carboxylic acids is 3. The Kier molecular flexibility index (Phi) is 4.96. The van der Waals surface area contributed by atoms with Gasteiger partial charge in [-0.3, -0.25) is 19.4 Å². The fourth-order valence-electron chi connectivity index (χ4n) is 3.56. The molecule has 0 bridgehead atoms. The van der Waals surface area contributed by atoms with Gasteiger partial charge in [0.05, 0.1) is 5.69 Å². The highest BCUT2D eigenvalue weighted by Crippen LogP contribution is 2.42. The largest absolute Gasteiger partial charge is 0.325 e. The lowest BCUT2D eigenvalue weighted by Crippen LogP contribution is -2.47. The number of hydrogen-bond acceptors (Lipinski definition) is 5. The van der Waals surface area contributed by atoms with Crippen molar-refractivity contribution in [1.82, 2.24) is 15.2 Å². The smallest absolute Gasteiger partial charge is 0.323 e. The van der Waals surface area contributed by atoms with E-state index in [2.05, 4.69) is 16.9 Å². The van der Waals surface area contributed by atoms with Crippen molar-refractivity contribution in [2.45, 2.75) is 25.3 Å². The van der Waals surface area contributed by atoms with E-state index in [4.69, 9.17) is 0 Å². The van der Waals surface area contributed by atoms with Crippen LogP contribution in [0.25, 0.3) is 11.3 Å². The van der Waals surface area contributed by atoms with Gasteiger partial charge in [0, 0.05) is 17.5 Å². The van der Waals surface area contributed by atoms with Crippen LogP contribution in [-0.2, 0) is 9.59 Å². The van der Waals surface area contributed by atoms with Crippen molar-refractivity contribution >= 4 is 34.3 Å². The number of amides is 4. The van der Waals surface area contributed by atoms with Gasteiger partial charge in [-0.2, -0.15) is 0 Å². The number of carbonyl (C=O) groups is 3. The molecule has 1 N–H and O–H groups in total. The summed E-state index contributed by atoms with van der Waals surface area (Å²) in [5, 5.41) is 5.15. The summed E-state index contributed by atoms with van der Waals surface area (Å²) in [5.74, 6) is -0.556. The second kappa shape index (κ2) is 7.44. The minimum absolute atomic E-state index is 0.149. The van der Waals surface area contributed by atoms with E-state index in [-0.39, 0.29) is 30.8 Å². The zero-order chi connectivity index (χ0) is 20.6. The van der Waals surface area contributed by atoms with Crippen molar-refractivity contribution in [1.29, 1.82) is 0 Å². The molecule has 29 heavy (non-hydrogen) atoms. The zero-order valence-corrected chi connectivity index (χ0v) is 16.9. The molecule has 0 spiro atoms. The molecular weight excluding hydrogens is 388 g/mol. The SMILES string of the molecule is C=CCN(C(=O)CN1C(=O)NC(C)(C2CC2)C1=O)c1nc(-c2ccccc2)cs1. The van der Waals surface area contributed by atoms with Crippen molar-refractivity contribution in [2.24, 2.45) is 5.92 Å². The summed E-state index contributed by atoms with van der Waals surface area (Å²) in [4.78, 5) is 45.2. The van der Waals surface area contributed by atoms with Crippen LogP contribution in [0.2, 0.25) is 0 Å². The first-order chi connectivity index (χ1) is 13.9. The molecule has 2 aromatic rings. The summed E-state index contributed by atoms with van der Waals surface area (Å²) in [6.07, 6.45) is 3.42. The first kappa shape index (κ1) is 19.3. The van der Waals surface area contributed by atoms with Crippen LogP contribution in [0, 0.1) is 5.92 Å². The molecule has 1 aromatic heterocycles. The van der Waals surface area contributed by atoms with Gasteiger partial charge in [0.1, 0.15) is 12.1 Å². The zero-order valence-electron chi connectivity index (χ0n) is 16.1. The molecule has 150 valence electrons. The Morgan fingerprint density at radius 2 is 2.10 bits per heavy atom. The number of nitrogens with one attached hydrogen (secondary N) is 1. The van der Waals surface area contributed by atoms with Crippen LogP contribution in [0.15, 0.2) is 48.4 Å². The van der Waals surface area contributed by atoms with Crippen molar-refractivity contribution in [3.8, 4) is 11.3 Å². The van der Waals surface area contributed by atoms with Crippen LogP contribution in [0.3, 0.4) is 0 Å². The molecular formula is C21H22N4O3S. The van der Waals surface area contributed by atoms with Gasteiger partial charge in [0.15, 0.2) is 5.13 Å². The molecule has 4 amide bonds. The number of thiazole rings is 1.